The van der Waals surface area contributed by atoms with E-state index in [0.29, 0.717) is 13.2 Å². The van der Waals surface area contributed by atoms with Gasteiger partial charge < -0.3 is 4.74 Å². The molecule has 0 radical (unpaired) electrons. The van der Waals surface area contributed by atoms with Crippen LogP contribution in [0.5, 0.6) is 5.75 Å². The number of thiophene rings is 1. The smallest absolute Gasteiger partial charge is 0.262 e. The van der Waals surface area contributed by atoms with E-state index in [4.69, 9.17) is 4.74 Å². The standard InChI is InChI=1S/C19H22N2O2S/c1-13-8-4-5-9-17(13)23-11-7-6-10-21-15(3)20-18-16(19(21)22)12-14(2)24-18/h4-5,8-9,12H,6-7,10-11H2,1-3H3. The van der Waals surface area contributed by atoms with Crippen molar-refractivity contribution in [2.45, 2.75) is 40.2 Å². The van der Waals surface area contributed by atoms with E-state index < -0.39 is 0 Å². The first-order valence-corrected chi connectivity index (χ1v) is 9.04. The zero-order valence-corrected chi connectivity index (χ0v) is 15.2. The lowest BCUT2D eigenvalue weighted by molar-refractivity contribution is 0.300. The third kappa shape index (κ3) is 3.51. The van der Waals surface area contributed by atoms with Gasteiger partial charge in [0.1, 0.15) is 16.4 Å². The quantitative estimate of drug-likeness (QED) is 0.629. The Labute approximate surface area is 145 Å². The average molecular weight is 342 g/mol. The van der Waals surface area contributed by atoms with Gasteiger partial charge in [-0.15, -0.1) is 11.3 Å². The largest absolute Gasteiger partial charge is 0.493 e. The molecule has 1 aromatic carbocycles. The van der Waals surface area contributed by atoms with Crippen molar-refractivity contribution in [3.63, 3.8) is 0 Å². The maximum absolute atomic E-state index is 12.6. The van der Waals surface area contributed by atoms with Gasteiger partial charge in [0, 0.05) is 11.4 Å². The molecule has 5 heteroatoms. The van der Waals surface area contributed by atoms with Crippen molar-refractivity contribution in [2.24, 2.45) is 0 Å². The normalized spacial score (nSPS) is 11.1. The molecule has 0 spiro atoms. The number of rotatable bonds is 6. The van der Waals surface area contributed by atoms with Crippen LogP contribution in [0.1, 0.15) is 29.1 Å². The summed E-state index contributed by atoms with van der Waals surface area (Å²) in [5.41, 5.74) is 1.22. The van der Waals surface area contributed by atoms with Gasteiger partial charge in [0.2, 0.25) is 0 Å². The maximum Gasteiger partial charge on any atom is 0.262 e. The number of benzene rings is 1. The van der Waals surface area contributed by atoms with Gasteiger partial charge in [0.15, 0.2) is 0 Å². The van der Waals surface area contributed by atoms with Crippen LogP contribution < -0.4 is 10.3 Å². The van der Waals surface area contributed by atoms with Gasteiger partial charge in [-0.2, -0.15) is 0 Å². The van der Waals surface area contributed by atoms with Crippen molar-refractivity contribution in [1.82, 2.24) is 9.55 Å². The number of para-hydroxylation sites is 1. The highest BCUT2D eigenvalue weighted by Crippen LogP contribution is 2.20. The first kappa shape index (κ1) is 16.7. The molecule has 3 rings (SSSR count). The summed E-state index contributed by atoms with van der Waals surface area (Å²) in [7, 11) is 0. The van der Waals surface area contributed by atoms with E-state index in [1.807, 2.05) is 51.1 Å². The third-order valence-electron chi connectivity index (χ3n) is 4.09. The molecular weight excluding hydrogens is 320 g/mol. The van der Waals surface area contributed by atoms with Gasteiger partial charge >= 0.3 is 0 Å². The van der Waals surface area contributed by atoms with Crippen LogP contribution in [-0.2, 0) is 6.54 Å². The molecule has 126 valence electrons. The van der Waals surface area contributed by atoms with Crippen molar-refractivity contribution < 1.29 is 4.74 Å². The molecule has 0 atom stereocenters. The molecule has 4 nitrogen and oxygen atoms in total. The van der Waals surface area contributed by atoms with Crippen molar-refractivity contribution >= 4 is 21.6 Å². The van der Waals surface area contributed by atoms with Gasteiger partial charge in [-0.25, -0.2) is 4.98 Å². The second-order valence-electron chi connectivity index (χ2n) is 6.01. The molecular formula is C19H22N2O2S. The number of hydrogen-bond acceptors (Lipinski definition) is 4. The lowest BCUT2D eigenvalue weighted by Crippen LogP contribution is -2.23. The fourth-order valence-electron chi connectivity index (χ4n) is 2.77. The van der Waals surface area contributed by atoms with Crippen LogP contribution in [0.25, 0.3) is 10.2 Å². The van der Waals surface area contributed by atoms with E-state index >= 15 is 0 Å². The first-order chi connectivity index (χ1) is 11.6. The highest BCUT2D eigenvalue weighted by Gasteiger charge is 2.10. The van der Waals surface area contributed by atoms with Crippen LogP contribution in [-0.4, -0.2) is 16.2 Å². The molecule has 0 amide bonds. The number of ether oxygens (including phenoxy) is 1. The monoisotopic (exact) mass is 342 g/mol. The van der Waals surface area contributed by atoms with Crippen LogP contribution in [0.2, 0.25) is 0 Å². The summed E-state index contributed by atoms with van der Waals surface area (Å²) in [5.74, 6) is 1.72. The minimum absolute atomic E-state index is 0.0710. The van der Waals surface area contributed by atoms with Gasteiger partial charge in [-0.3, -0.25) is 9.36 Å². The Morgan fingerprint density at radius 1 is 1.17 bits per heavy atom. The third-order valence-corrected chi connectivity index (χ3v) is 5.04. The zero-order valence-electron chi connectivity index (χ0n) is 14.3. The molecule has 24 heavy (non-hydrogen) atoms. The predicted molar refractivity (Wildman–Crippen MR) is 99.3 cm³/mol. The fraction of sp³-hybridized carbons (Fsp3) is 0.368. The number of hydrogen-bond donors (Lipinski definition) is 0. The molecule has 0 aliphatic carbocycles. The lowest BCUT2D eigenvalue weighted by Gasteiger charge is -2.11. The number of unbranched alkanes of at least 4 members (excludes halogenated alkanes) is 1. The molecule has 0 fully saturated rings. The highest BCUT2D eigenvalue weighted by molar-refractivity contribution is 7.18. The van der Waals surface area contributed by atoms with Gasteiger partial charge in [-0.05, 0) is 51.3 Å². The summed E-state index contributed by atoms with van der Waals surface area (Å²) in [6, 6.07) is 9.96. The molecule has 0 N–H and O–H groups in total. The second-order valence-corrected chi connectivity index (χ2v) is 7.25. The summed E-state index contributed by atoms with van der Waals surface area (Å²) in [6.07, 6.45) is 1.80. The summed E-state index contributed by atoms with van der Waals surface area (Å²) in [4.78, 5) is 19.1. The number of aromatic nitrogens is 2. The summed E-state index contributed by atoms with van der Waals surface area (Å²) >= 11 is 1.58. The summed E-state index contributed by atoms with van der Waals surface area (Å²) in [5, 5.41) is 0.735. The van der Waals surface area contributed by atoms with Crippen LogP contribution in [0.15, 0.2) is 35.1 Å². The molecule has 0 bridgehead atoms. The molecule has 2 aromatic heterocycles. The highest BCUT2D eigenvalue weighted by atomic mass is 32.1. The van der Waals surface area contributed by atoms with E-state index in [0.717, 1.165) is 45.1 Å². The topological polar surface area (TPSA) is 44.1 Å². The Morgan fingerprint density at radius 3 is 2.75 bits per heavy atom. The lowest BCUT2D eigenvalue weighted by atomic mass is 10.2. The minimum atomic E-state index is 0.0710. The van der Waals surface area contributed by atoms with Gasteiger partial charge in [0.25, 0.3) is 5.56 Å². The molecule has 0 unspecified atom stereocenters. The van der Waals surface area contributed by atoms with Crippen LogP contribution >= 0.6 is 11.3 Å². The van der Waals surface area contributed by atoms with Crippen molar-refractivity contribution in [1.29, 1.82) is 0 Å². The Balaban J connectivity index is 1.60. The molecule has 0 saturated heterocycles. The Hall–Kier alpha value is -2.14. The predicted octanol–water partition coefficient (Wildman–Crippen LogP) is 4.24. The van der Waals surface area contributed by atoms with Crippen LogP contribution in [0.3, 0.4) is 0 Å². The van der Waals surface area contributed by atoms with E-state index in [9.17, 15) is 4.79 Å². The Kier molecular flexibility index (Phi) is 5.00. The van der Waals surface area contributed by atoms with Gasteiger partial charge in [0.05, 0.1) is 12.0 Å². The zero-order chi connectivity index (χ0) is 17.1. The van der Waals surface area contributed by atoms with Crippen LogP contribution in [0.4, 0.5) is 0 Å². The average Bonchev–Trinajstić information content (AvgIpc) is 2.92. The molecule has 0 aliphatic heterocycles. The number of nitrogens with zero attached hydrogens (tertiary/aromatic N) is 2. The maximum atomic E-state index is 12.6. The second kappa shape index (κ2) is 7.18. The molecule has 2 heterocycles. The fourth-order valence-corrected chi connectivity index (χ4v) is 3.69. The van der Waals surface area contributed by atoms with Crippen molar-refractivity contribution in [3.05, 3.63) is 57.0 Å². The SMILES string of the molecule is Cc1cc2c(=O)n(CCCCOc3ccccc3C)c(C)nc2s1. The van der Waals surface area contributed by atoms with Crippen LogP contribution in [0, 0.1) is 20.8 Å². The molecule has 0 aliphatic rings. The van der Waals surface area contributed by atoms with Gasteiger partial charge in [-0.1, -0.05) is 18.2 Å². The number of fused-ring (bicyclic) bond motifs is 1. The van der Waals surface area contributed by atoms with E-state index in [2.05, 4.69) is 4.98 Å². The number of aryl methyl sites for hydroxylation is 3. The van der Waals surface area contributed by atoms with Crippen molar-refractivity contribution in [2.75, 3.05) is 6.61 Å². The Morgan fingerprint density at radius 2 is 1.96 bits per heavy atom. The summed E-state index contributed by atoms with van der Waals surface area (Å²) < 4.78 is 7.59. The molecule has 3 aromatic rings. The van der Waals surface area contributed by atoms with E-state index in [1.54, 1.807) is 15.9 Å². The Bertz CT molecular complexity index is 911. The molecule has 0 saturated carbocycles. The first-order valence-electron chi connectivity index (χ1n) is 8.22. The van der Waals surface area contributed by atoms with Crippen molar-refractivity contribution in [3.8, 4) is 5.75 Å². The summed E-state index contributed by atoms with van der Waals surface area (Å²) in [6.45, 7) is 7.29. The minimum Gasteiger partial charge on any atom is -0.493 e. The van der Waals surface area contributed by atoms with E-state index in [-0.39, 0.29) is 5.56 Å². The van der Waals surface area contributed by atoms with E-state index in [1.165, 1.54) is 0 Å².